The van der Waals surface area contributed by atoms with Crippen LogP contribution in [0.3, 0.4) is 0 Å². The fraction of sp³-hybridized carbons (Fsp3) is 0.381. The van der Waals surface area contributed by atoms with E-state index in [4.69, 9.17) is 13.9 Å². The van der Waals surface area contributed by atoms with E-state index in [1.807, 2.05) is 0 Å². The quantitative estimate of drug-likeness (QED) is 0.382. The lowest BCUT2D eigenvalue weighted by Gasteiger charge is -2.39. The van der Waals surface area contributed by atoms with E-state index in [2.05, 4.69) is 0 Å². The Hall–Kier alpha value is -2.69. The van der Waals surface area contributed by atoms with Crippen LogP contribution in [0.4, 0.5) is 0 Å². The third-order valence-electron chi connectivity index (χ3n) is 5.28. The molecule has 0 aliphatic carbocycles. The first-order chi connectivity index (χ1) is 14.2. The molecular weight excluding hydrogens is 396 g/mol. The Morgan fingerprint density at radius 1 is 1.00 bits per heavy atom. The average molecular weight is 418 g/mol. The zero-order valence-electron chi connectivity index (χ0n) is 16.3. The molecule has 0 bridgehead atoms. The second-order valence-corrected chi connectivity index (χ2v) is 7.47. The van der Waals surface area contributed by atoms with Crippen LogP contribution in [-0.4, -0.2) is 62.8 Å². The Bertz CT molecular complexity index is 1170. The van der Waals surface area contributed by atoms with E-state index in [9.17, 15) is 30.3 Å². The number of fused-ring (bicyclic) bond motifs is 3. The second kappa shape index (κ2) is 7.53. The molecule has 5 N–H and O–H groups in total. The van der Waals surface area contributed by atoms with Crippen LogP contribution in [0.2, 0.25) is 0 Å². The van der Waals surface area contributed by atoms with Crippen LogP contribution in [-0.2, 0) is 4.74 Å². The number of aliphatic hydroxyl groups excluding tert-OH is 4. The first-order valence-corrected chi connectivity index (χ1v) is 9.39. The van der Waals surface area contributed by atoms with E-state index >= 15 is 0 Å². The maximum absolute atomic E-state index is 12.3. The van der Waals surface area contributed by atoms with Crippen LogP contribution in [0.15, 0.2) is 33.5 Å². The van der Waals surface area contributed by atoms with Crippen molar-refractivity contribution in [3.05, 3.63) is 45.8 Å². The highest BCUT2D eigenvalue weighted by Crippen LogP contribution is 2.39. The molecule has 9 nitrogen and oxygen atoms in total. The van der Waals surface area contributed by atoms with Gasteiger partial charge in [0, 0.05) is 12.1 Å². The predicted octanol–water partition coefficient (Wildman–Crippen LogP) is 0.447. The first-order valence-electron chi connectivity index (χ1n) is 9.39. The molecule has 1 fully saturated rings. The molecule has 2 aromatic carbocycles. The van der Waals surface area contributed by atoms with Gasteiger partial charge < -0.3 is 39.4 Å². The van der Waals surface area contributed by atoms with Gasteiger partial charge in [0.2, 0.25) is 6.29 Å². The van der Waals surface area contributed by atoms with Crippen LogP contribution in [0.25, 0.3) is 21.7 Å². The summed E-state index contributed by atoms with van der Waals surface area (Å²) in [4.78, 5) is 12.3. The molecule has 0 saturated carbocycles. The molecule has 0 spiro atoms. The predicted molar refractivity (Wildman–Crippen MR) is 106 cm³/mol. The Morgan fingerprint density at radius 2 is 1.73 bits per heavy atom. The second-order valence-electron chi connectivity index (χ2n) is 7.47. The lowest BCUT2D eigenvalue weighted by Crippen LogP contribution is -2.60. The van der Waals surface area contributed by atoms with Crippen molar-refractivity contribution in [1.29, 1.82) is 0 Å². The fourth-order valence-electron chi connectivity index (χ4n) is 3.84. The zero-order chi connectivity index (χ0) is 21.7. The summed E-state index contributed by atoms with van der Waals surface area (Å²) in [6, 6.07) is 5.73. The van der Waals surface area contributed by atoms with Crippen molar-refractivity contribution in [3.8, 4) is 11.5 Å². The zero-order valence-corrected chi connectivity index (χ0v) is 16.3. The summed E-state index contributed by atoms with van der Waals surface area (Å²) in [5, 5.41) is 51.3. The van der Waals surface area contributed by atoms with Crippen molar-refractivity contribution < 1.29 is 39.4 Å². The Morgan fingerprint density at radius 3 is 2.43 bits per heavy atom. The fourth-order valence-corrected chi connectivity index (χ4v) is 3.84. The maximum atomic E-state index is 12.3. The van der Waals surface area contributed by atoms with Gasteiger partial charge in [-0.3, -0.25) is 4.79 Å². The maximum Gasteiger partial charge on any atom is 0.229 e. The van der Waals surface area contributed by atoms with Crippen molar-refractivity contribution in [3.63, 3.8) is 0 Å². The summed E-state index contributed by atoms with van der Waals surface area (Å²) < 4.78 is 17.0. The number of hydrogen-bond donors (Lipinski definition) is 5. The summed E-state index contributed by atoms with van der Waals surface area (Å²) in [7, 11) is 0. The highest BCUT2D eigenvalue weighted by Gasteiger charge is 2.45. The molecule has 1 aromatic heterocycles. The molecule has 0 amide bonds. The minimum atomic E-state index is -1.64. The van der Waals surface area contributed by atoms with Gasteiger partial charge in [-0.1, -0.05) is 6.07 Å². The van der Waals surface area contributed by atoms with Crippen molar-refractivity contribution >= 4 is 21.7 Å². The van der Waals surface area contributed by atoms with E-state index in [-0.39, 0.29) is 22.5 Å². The van der Waals surface area contributed by atoms with E-state index in [1.54, 1.807) is 19.9 Å². The van der Waals surface area contributed by atoms with Crippen LogP contribution >= 0.6 is 0 Å². The minimum absolute atomic E-state index is 0.000537. The van der Waals surface area contributed by atoms with Gasteiger partial charge >= 0.3 is 0 Å². The Labute approximate surface area is 170 Å². The molecular formula is C21H22O9. The highest BCUT2D eigenvalue weighted by atomic mass is 16.7. The summed E-state index contributed by atoms with van der Waals surface area (Å²) in [5.74, 6) is 0.426. The number of benzene rings is 2. The smallest absolute Gasteiger partial charge is 0.229 e. The average Bonchev–Trinajstić information content (AvgIpc) is 2.67. The van der Waals surface area contributed by atoms with Crippen LogP contribution in [0, 0.1) is 13.8 Å². The number of aryl methyl sites for hydroxylation is 2. The number of aliphatic hydroxyl groups is 4. The van der Waals surface area contributed by atoms with Crippen LogP contribution in [0.5, 0.6) is 11.5 Å². The van der Waals surface area contributed by atoms with Crippen LogP contribution in [0.1, 0.15) is 11.3 Å². The van der Waals surface area contributed by atoms with E-state index in [0.29, 0.717) is 27.5 Å². The van der Waals surface area contributed by atoms with Gasteiger partial charge in [0.1, 0.15) is 47.3 Å². The normalized spacial score (nSPS) is 26.9. The molecule has 4 rings (SSSR count). The van der Waals surface area contributed by atoms with Gasteiger partial charge in [0.25, 0.3) is 0 Å². The lowest BCUT2D eigenvalue weighted by atomic mass is 9.99. The van der Waals surface area contributed by atoms with E-state index in [1.165, 1.54) is 18.2 Å². The van der Waals surface area contributed by atoms with Gasteiger partial charge in [-0.05, 0) is 30.9 Å². The van der Waals surface area contributed by atoms with Gasteiger partial charge in [-0.25, -0.2) is 0 Å². The third-order valence-corrected chi connectivity index (χ3v) is 5.28. The molecule has 5 atom stereocenters. The molecule has 2 heterocycles. The van der Waals surface area contributed by atoms with Crippen molar-refractivity contribution in [1.82, 2.24) is 0 Å². The SMILES string of the molecule is Cc1cc(O)c2c(C)cc3cc(=O)cc(O[C@H]4O[C@H](CO)[C@H](O)[C@@H](O)[C@H]4O)c3c2o1. The van der Waals surface area contributed by atoms with Crippen molar-refractivity contribution in [2.75, 3.05) is 6.61 Å². The molecule has 1 aliphatic heterocycles. The van der Waals surface area contributed by atoms with E-state index in [0.717, 1.165) is 0 Å². The third kappa shape index (κ3) is 3.30. The summed E-state index contributed by atoms with van der Waals surface area (Å²) in [6.45, 7) is 2.81. The first kappa shape index (κ1) is 20.6. The summed E-state index contributed by atoms with van der Waals surface area (Å²) in [6.07, 6.45) is -7.44. The number of ether oxygens (including phenoxy) is 2. The molecule has 9 heteroatoms. The minimum Gasteiger partial charge on any atom is -0.507 e. The Kier molecular flexibility index (Phi) is 5.16. The van der Waals surface area contributed by atoms with Crippen molar-refractivity contribution in [2.24, 2.45) is 0 Å². The van der Waals surface area contributed by atoms with Gasteiger partial charge in [0.15, 0.2) is 5.43 Å². The molecule has 1 aliphatic rings. The monoisotopic (exact) mass is 418 g/mol. The molecule has 160 valence electrons. The van der Waals surface area contributed by atoms with E-state index < -0.39 is 37.3 Å². The molecule has 0 unspecified atom stereocenters. The van der Waals surface area contributed by atoms with Crippen molar-refractivity contribution in [2.45, 2.75) is 44.6 Å². The lowest BCUT2D eigenvalue weighted by molar-refractivity contribution is -0.277. The Balaban J connectivity index is 1.91. The highest BCUT2D eigenvalue weighted by molar-refractivity contribution is 6.10. The van der Waals surface area contributed by atoms with Crippen LogP contribution < -0.4 is 10.2 Å². The largest absolute Gasteiger partial charge is 0.507 e. The van der Waals surface area contributed by atoms with Gasteiger partial charge in [-0.2, -0.15) is 0 Å². The van der Waals surface area contributed by atoms with Gasteiger partial charge in [0.05, 0.1) is 17.4 Å². The number of hydrogen-bond acceptors (Lipinski definition) is 9. The van der Waals surface area contributed by atoms with Gasteiger partial charge in [-0.15, -0.1) is 0 Å². The number of rotatable bonds is 3. The standard InChI is InChI=1S/C21H22O9/c1-8-3-10-5-11(23)6-13(16(10)20-15(8)12(24)4-9(2)28-20)29-21-19(27)18(26)17(25)14(7-22)30-21/h3-6,14,17-19,21-22,24-27H,7H2,1-2H3/t14-,17+,18-,19-,21+/m1/s1. The summed E-state index contributed by atoms with van der Waals surface area (Å²) >= 11 is 0. The summed E-state index contributed by atoms with van der Waals surface area (Å²) in [5.41, 5.74) is 0.586. The topological polar surface area (TPSA) is 150 Å². The molecule has 3 aromatic rings. The number of aromatic hydroxyl groups is 1. The molecule has 0 radical (unpaired) electrons. The molecule has 1 saturated heterocycles. The molecule has 30 heavy (non-hydrogen) atoms.